The minimum absolute atomic E-state index is 0.00132. The number of rotatable bonds is 14. The van der Waals surface area contributed by atoms with Gasteiger partial charge in [-0.2, -0.15) is 0 Å². The third kappa shape index (κ3) is 11.6. The molecule has 4 amide bonds. The first-order chi connectivity index (χ1) is 37.3. The number of anilines is 4. The number of morpholine rings is 2. The largest absolute Gasteiger partial charge is 0.377 e. The molecule has 0 unspecified atom stereocenters. The van der Waals surface area contributed by atoms with Crippen molar-refractivity contribution in [2.45, 2.75) is 70.9 Å². The van der Waals surface area contributed by atoms with Gasteiger partial charge in [-0.1, -0.05) is 23.2 Å². The lowest BCUT2D eigenvalue weighted by Crippen LogP contribution is -2.44. The maximum atomic E-state index is 13.9. The highest BCUT2D eigenvalue weighted by Crippen LogP contribution is 2.57. The molecule has 2 aliphatic carbocycles. The zero-order chi connectivity index (χ0) is 55.6. The molecule has 0 bridgehead atoms. The Hall–Kier alpha value is -6.63. The maximum absolute atomic E-state index is 13.9. The molecule has 4 aliphatic rings. The van der Waals surface area contributed by atoms with Crippen LogP contribution in [0.4, 0.5) is 45.8 Å². The van der Waals surface area contributed by atoms with Crippen molar-refractivity contribution >= 4 is 77.9 Å². The van der Waals surface area contributed by atoms with Crippen LogP contribution < -0.4 is 31.1 Å². The van der Waals surface area contributed by atoms with Gasteiger partial charge in [0.05, 0.1) is 69.7 Å². The predicted octanol–water partition coefficient (Wildman–Crippen LogP) is 9.09. The van der Waals surface area contributed by atoms with E-state index < -0.39 is 53.5 Å². The van der Waals surface area contributed by atoms with Crippen LogP contribution in [0, 0.1) is 11.6 Å². The summed E-state index contributed by atoms with van der Waals surface area (Å²) in [6, 6.07) is 23.2. The van der Waals surface area contributed by atoms with Crippen molar-refractivity contribution in [1.82, 2.24) is 30.6 Å². The van der Waals surface area contributed by atoms with Gasteiger partial charge in [0.15, 0.2) is 31.3 Å². The van der Waals surface area contributed by atoms with Gasteiger partial charge >= 0.3 is 12.1 Å². The zero-order valence-corrected chi connectivity index (χ0v) is 45.7. The van der Waals surface area contributed by atoms with Gasteiger partial charge in [0.25, 0.3) is 0 Å². The van der Waals surface area contributed by atoms with E-state index in [-0.39, 0.29) is 44.5 Å². The van der Waals surface area contributed by atoms with Crippen molar-refractivity contribution in [3.8, 4) is 22.8 Å². The number of nitrogens with one attached hydrogen (secondary N) is 4. The highest BCUT2D eigenvalue weighted by Gasteiger charge is 2.59. The molecule has 4 aromatic carbocycles. The summed E-state index contributed by atoms with van der Waals surface area (Å²) in [5, 5.41) is 9.69. The quantitative estimate of drug-likeness (QED) is 0.0747. The van der Waals surface area contributed by atoms with Crippen LogP contribution in [-0.2, 0) is 38.6 Å². The summed E-state index contributed by atoms with van der Waals surface area (Å²) in [5.41, 5.74) is 3.06. The highest BCUT2D eigenvalue weighted by atomic mass is 35.5. The molecule has 412 valence electrons. The molecule has 4 fully saturated rings. The summed E-state index contributed by atoms with van der Waals surface area (Å²) >= 11 is 11.8. The number of carbonyl (C=O) groups excluding carboxylic acids is 2. The summed E-state index contributed by atoms with van der Waals surface area (Å²) in [6.07, 6.45) is 1.42. The molecule has 2 saturated heterocycles. The number of nitrogens with zero attached hydrogens (tertiary/aromatic N) is 6. The molecule has 18 nitrogen and oxygen atoms in total. The molecule has 78 heavy (non-hydrogen) atoms. The van der Waals surface area contributed by atoms with E-state index in [0.717, 1.165) is 24.3 Å². The number of amides is 4. The van der Waals surface area contributed by atoms with Crippen LogP contribution in [-0.4, -0.2) is 121 Å². The molecular weight excluding hydrogens is 1100 g/mol. The number of hydrogen-bond donors (Lipinski definition) is 4. The fourth-order valence-electron chi connectivity index (χ4n) is 9.25. The third-order valence-electron chi connectivity index (χ3n) is 13.9. The van der Waals surface area contributed by atoms with Crippen molar-refractivity contribution in [3.63, 3.8) is 0 Å². The summed E-state index contributed by atoms with van der Waals surface area (Å²) in [7, 11) is -6.39. The van der Waals surface area contributed by atoms with Crippen molar-refractivity contribution in [2.75, 3.05) is 80.2 Å². The number of benzene rings is 4. The minimum Gasteiger partial charge on any atom is -0.377 e. The second kappa shape index (κ2) is 23.0. The lowest BCUT2D eigenvalue weighted by molar-refractivity contribution is 0.0985. The Labute approximate surface area is 459 Å². The molecule has 25 heteroatoms. The van der Waals surface area contributed by atoms with Crippen LogP contribution in [0.1, 0.15) is 50.9 Å². The Morgan fingerprint density at radius 3 is 1.40 bits per heavy atom. The first-order valence-electron chi connectivity index (χ1n) is 25.0. The van der Waals surface area contributed by atoms with E-state index in [2.05, 4.69) is 31.1 Å². The number of ether oxygens (including phenoxy) is 2. The summed E-state index contributed by atoms with van der Waals surface area (Å²) < 4.78 is 104. The molecule has 4 N–H and O–H groups in total. The van der Waals surface area contributed by atoms with Crippen molar-refractivity contribution < 1.29 is 49.1 Å². The van der Waals surface area contributed by atoms with Gasteiger partial charge in [0, 0.05) is 61.3 Å². The van der Waals surface area contributed by atoms with Gasteiger partial charge in [0.1, 0.15) is 39.4 Å². The fraction of sp³-hybridized carbons (Fsp3) is 0.358. The van der Waals surface area contributed by atoms with Crippen LogP contribution in [0.3, 0.4) is 0 Å². The monoisotopic (exact) mass is 1150 g/mol. The van der Waals surface area contributed by atoms with Crippen molar-refractivity contribution in [1.29, 1.82) is 0 Å². The Bertz CT molecular complexity index is 3450. The van der Waals surface area contributed by atoms with Crippen molar-refractivity contribution in [2.24, 2.45) is 0 Å². The van der Waals surface area contributed by atoms with E-state index in [1.807, 2.05) is 13.8 Å². The number of alkyl halides is 1. The molecule has 2 aromatic heterocycles. The molecule has 2 saturated carbocycles. The number of carbonyl (C=O) groups is 2. The van der Waals surface area contributed by atoms with E-state index in [9.17, 15) is 39.6 Å². The van der Waals surface area contributed by atoms with E-state index in [1.165, 1.54) is 19.2 Å². The Kier molecular flexibility index (Phi) is 16.5. The van der Waals surface area contributed by atoms with Gasteiger partial charge in [-0.05, 0) is 124 Å². The van der Waals surface area contributed by atoms with E-state index >= 15 is 0 Å². The molecule has 2 aliphatic heterocycles. The Morgan fingerprint density at radius 1 is 0.628 bits per heavy atom. The molecule has 0 radical (unpaired) electrons. The first-order valence-corrected chi connectivity index (χ1v) is 28.7. The van der Waals surface area contributed by atoms with Gasteiger partial charge in [0.2, 0.25) is 0 Å². The Morgan fingerprint density at radius 2 is 1.04 bits per heavy atom. The SMILES string of the molecule is CNC(=O)Nc1ccc(-c2nc(N3CCOC[C@@H]3C)cc(C3(S(=O)(=O)c4ccc(F)c(Cl)c4)CC3)n2)cc1.C[C@H]1COCCN1c1cc(C2(S(=O)(=O)c3ccc(F)c(Cl)c3)CC2)nc(-c2ccc(NC(=O)NCCF)cc2)n1. The number of halogens is 5. The van der Waals surface area contributed by atoms with E-state index in [0.29, 0.717) is 122 Å². The van der Waals surface area contributed by atoms with Crippen LogP contribution in [0.2, 0.25) is 10.0 Å². The standard InChI is InChI=1S/C27H28ClF2N5O4S.C26H27ClFN5O4S/c1-17-16-39-13-12-35(17)24-15-23(27(8-9-27)40(37,38)20-6-7-22(30)21(28)14-20)33-25(34-24)18-2-4-19(5-3-18)32-26(36)31-11-10-29;1-16-15-37-12-11-33(16)23-14-22(26(9-10-26)38(35,36)19-7-8-21(28)20(27)13-19)31-24(32-23)17-3-5-18(6-4-17)30-25(34)29-2/h2-7,14-15,17H,8-13,16H2,1H3,(H2,31,32,36);3-8,13-14,16H,9-12,15H2,1-2H3,(H2,29,30,34)/t17-;16-/m00/s1. The highest BCUT2D eigenvalue weighted by molar-refractivity contribution is 7.93. The van der Waals surface area contributed by atoms with Gasteiger partial charge in [-0.25, -0.2) is 59.5 Å². The molecule has 6 aromatic rings. The number of sulfone groups is 2. The normalized spacial score (nSPS) is 18.5. The summed E-state index contributed by atoms with van der Waals surface area (Å²) in [4.78, 5) is 46.6. The lowest BCUT2D eigenvalue weighted by atomic mass is 10.1. The van der Waals surface area contributed by atoms with Crippen LogP contribution in [0.15, 0.2) is 107 Å². The third-order valence-corrected chi connectivity index (χ3v) is 19.6. The molecule has 10 rings (SSSR count). The molecular formula is C53H55Cl2F3N10O8S2. The summed E-state index contributed by atoms with van der Waals surface area (Å²) in [6.45, 7) is 6.46. The van der Waals surface area contributed by atoms with E-state index in [4.69, 9.17) is 52.6 Å². The van der Waals surface area contributed by atoms with Gasteiger partial charge < -0.3 is 40.5 Å². The van der Waals surface area contributed by atoms with Gasteiger partial charge in [-0.3, -0.25) is 0 Å². The predicted molar refractivity (Wildman–Crippen MR) is 290 cm³/mol. The smallest absolute Gasteiger partial charge is 0.319 e. The lowest BCUT2D eigenvalue weighted by Gasteiger charge is -2.34. The van der Waals surface area contributed by atoms with Crippen LogP contribution >= 0.6 is 23.2 Å². The molecule has 2 atom stereocenters. The van der Waals surface area contributed by atoms with Crippen LogP contribution in [0.5, 0.6) is 0 Å². The maximum Gasteiger partial charge on any atom is 0.319 e. The minimum atomic E-state index is -3.97. The zero-order valence-electron chi connectivity index (χ0n) is 42.5. The number of aromatic nitrogens is 4. The second-order valence-electron chi connectivity index (χ2n) is 19.2. The molecule has 0 spiro atoms. The summed E-state index contributed by atoms with van der Waals surface area (Å²) in [5.74, 6) is 0.475. The van der Waals surface area contributed by atoms with Crippen LogP contribution in [0.25, 0.3) is 22.8 Å². The average molecular weight is 1150 g/mol. The fourth-order valence-corrected chi connectivity index (χ4v) is 13.7. The van der Waals surface area contributed by atoms with Crippen molar-refractivity contribution in [3.05, 3.63) is 130 Å². The molecule has 4 heterocycles. The average Bonchev–Trinajstić information content (AvgIpc) is 4.52. The second-order valence-corrected chi connectivity index (χ2v) is 24.5. The number of hydrogen-bond acceptors (Lipinski definition) is 14. The van der Waals surface area contributed by atoms with E-state index in [1.54, 1.807) is 60.7 Å². The first kappa shape index (κ1) is 56.1. The Balaban J connectivity index is 0.000000190. The number of urea groups is 2. The van der Waals surface area contributed by atoms with Gasteiger partial charge in [-0.15, -0.1) is 0 Å². The topological polar surface area (TPSA) is 227 Å².